The zero-order chi connectivity index (χ0) is 38.2. The quantitative estimate of drug-likeness (QED) is 0.159. The van der Waals surface area contributed by atoms with Crippen molar-refractivity contribution < 1.29 is 4.74 Å². The van der Waals surface area contributed by atoms with Crippen LogP contribution >= 0.6 is 0 Å². The molecule has 0 N–H and O–H groups in total. The molecule has 5 heteroatoms. The number of ether oxygens (including phenoxy) is 1. The predicted octanol–water partition coefficient (Wildman–Crippen LogP) is 9.76. The summed E-state index contributed by atoms with van der Waals surface area (Å²) in [6.45, 7) is 14.2. The summed E-state index contributed by atoms with van der Waals surface area (Å²) in [5, 5.41) is 0. The van der Waals surface area contributed by atoms with E-state index in [0.29, 0.717) is 17.8 Å². The average molecular weight is 725 g/mol. The third kappa shape index (κ3) is 5.28. The Morgan fingerprint density at radius 3 is 1.45 bits per heavy atom. The molecule has 0 bridgehead atoms. The molecule has 3 heterocycles. The average Bonchev–Trinajstić information content (AvgIpc) is 3.22. The fourth-order valence-corrected chi connectivity index (χ4v) is 9.71. The fraction of sp³-hybridized carbons (Fsp3) is 0.176. The molecule has 3 aliphatic heterocycles. The second-order valence-corrected chi connectivity index (χ2v) is 16.6. The van der Waals surface area contributed by atoms with Crippen molar-refractivity contribution in [3.8, 4) is 11.5 Å². The Kier molecular flexibility index (Phi) is 8.25. The molecule has 0 aromatic heterocycles. The molecular weight excluding hydrogens is 678 g/mol. The molecule has 56 heavy (non-hydrogen) atoms. The van der Waals surface area contributed by atoms with Crippen molar-refractivity contribution >= 4 is 80.3 Å². The Bertz CT molecular complexity index is 2610. The summed E-state index contributed by atoms with van der Waals surface area (Å²) in [5.41, 5.74) is 19.2. The lowest BCUT2D eigenvalue weighted by atomic mass is 9.30. The van der Waals surface area contributed by atoms with Crippen molar-refractivity contribution in [1.29, 1.82) is 0 Å². The van der Waals surface area contributed by atoms with Gasteiger partial charge in [0.25, 0.3) is 6.71 Å². The van der Waals surface area contributed by atoms with Crippen LogP contribution in [0.3, 0.4) is 0 Å². The van der Waals surface area contributed by atoms with Gasteiger partial charge in [0.15, 0.2) is 0 Å². The smallest absolute Gasteiger partial charge is 0.256 e. The van der Waals surface area contributed by atoms with Crippen LogP contribution in [0.1, 0.15) is 76.0 Å². The topological polar surface area (TPSA) is 15.7 Å². The van der Waals surface area contributed by atoms with Gasteiger partial charge in [0.05, 0.1) is 0 Å². The Morgan fingerprint density at radius 1 is 0.393 bits per heavy atom. The van der Waals surface area contributed by atoms with Crippen molar-refractivity contribution in [3.05, 3.63) is 168 Å². The highest BCUT2D eigenvalue weighted by atomic mass is 16.5. The summed E-state index contributed by atoms with van der Waals surface area (Å²) in [6, 6.07) is 56.1. The van der Waals surface area contributed by atoms with Crippen molar-refractivity contribution in [2.75, 3.05) is 9.80 Å². The highest BCUT2D eigenvalue weighted by Crippen LogP contribution is 2.43. The van der Waals surface area contributed by atoms with Gasteiger partial charge in [0, 0.05) is 40.2 Å². The van der Waals surface area contributed by atoms with E-state index in [1.807, 2.05) is 0 Å². The first-order chi connectivity index (χ1) is 27.3. The summed E-state index contributed by atoms with van der Waals surface area (Å²) in [7, 11) is 0. The molecule has 7 aromatic carbocycles. The number of anilines is 6. The molecule has 272 valence electrons. The number of benzene rings is 7. The van der Waals surface area contributed by atoms with E-state index in [1.54, 1.807) is 0 Å². The SMILES string of the molecule is CC(C)c1cc(C(C)C)c(B2c3ccccc3N(c3ccccc3)c3cc4c(cc32)B2c3ccccc3N(c3ccccc3)c3cccc(c32)O4)c(C(C)C)c1. The molecular formula is C51H46B2N2O. The third-order valence-corrected chi connectivity index (χ3v) is 12.3. The standard InChI is InChI=1S/C51H46B2N2O/c1-32(2)35-28-38(33(3)4)50(39(29-35)34(5)6)52-40-22-13-16-25-45(40)55(37-20-11-8-12-21-37)47-31-49-43(30-42(47)52)53-41-23-14-15-24-44(41)54(36-18-9-7-10-19-36)46-26-17-27-48(56-49)51(46)53/h7-34H,1-6H3. The van der Waals surface area contributed by atoms with Crippen LogP contribution in [0.15, 0.2) is 152 Å². The van der Waals surface area contributed by atoms with Crippen molar-refractivity contribution in [2.45, 2.75) is 59.3 Å². The lowest BCUT2D eigenvalue weighted by molar-refractivity contribution is 0.488. The van der Waals surface area contributed by atoms with E-state index in [-0.39, 0.29) is 13.4 Å². The van der Waals surface area contributed by atoms with E-state index in [9.17, 15) is 0 Å². The molecule has 3 aliphatic rings. The summed E-state index contributed by atoms with van der Waals surface area (Å²) in [4.78, 5) is 4.88. The van der Waals surface area contributed by atoms with Gasteiger partial charge in [-0.15, -0.1) is 0 Å². The molecule has 0 amide bonds. The highest BCUT2D eigenvalue weighted by molar-refractivity contribution is 7.01. The maximum absolute atomic E-state index is 7.12. The Morgan fingerprint density at radius 2 is 0.893 bits per heavy atom. The van der Waals surface area contributed by atoms with Gasteiger partial charge in [0.2, 0.25) is 6.71 Å². The Balaban J connectivity index is 1.29. The molecule has 0 atom stereocenters. The number of nitrogens with zero attached hydrogens (tertiary/aromatic N) is 2. The van der Waals surface area contributed by atoms with Crippen molar-refractivity contribution in [3.63, 3.8) is 0 Å². The zero-order valence-electron chi connectivity index (χ0n) is 33.1. The molecule has 0 unspecified atom stereocenters. The fourth-order valence-electron chi connectivity index (χ4n) is 9.71. The first-order valence-corrected chi connectivity index (χ1v) is 20.3. The molecule has 0 spiro atoms. The third-order valence-electron chi connectivity index (χ3n) is 12.3. The molecule has 0 saturated carbocycles. The van der Waals surface area contributed by atoms with Gasteiger partial charge < -0.3 is 14.5 Å². The molecule has 10 rings (SSSR count). The molecule has 0 aliphatic carbocycles. The molecule has 0 radical (unpaired) electrons. The monoisotopic (exact) mass is 724 g/mol. The molecule has 7 aromatic rings. The minimum atomic E-state index is 0.00635. The Hall–Kier alpha value is -5.93. The molecule has 0 saturated heterocycles. The lowest BCUT2D eigenvalue weighted by Crippen LogP contribution is -2.63. The number of fused-ring (bicyclic) bond motifs is 6. The van der Waals surface area contributed by atoms with Crippen LogP contribution in [-0.2, 0) is 0 Å². The minimum Gasteiger partial charge on any atom is -0.458 e. The van der Waals surface area contributed by atoms with E-state index in [0.717, 1.165) is 22.9 Å². The van der Waals surface area contributed by atoms with Gasteiger partial charge in [-0.05, 0) is 110 Å². The van der Waals surface area contributed by atoms with Gasteiger partial charge in [-0.2, -0.15) is 0 Å². The maximum atomic E-state index is 7.12. The first kappa shape index (κ1) is 34.6. The zero-order valence-corrected chi connectivity index (χ0v) is 33.1. The van der Waals surface area contributed by atoms with E-state index in [2.05, 4.69) is 203 Å². The first-order valence-electron chi connectivity index (χ1n) is 20.3. The molecule has 3 nitrogen and oxygen atoms in total. The summed E-state index contributed by atoms with van der Waals surface area (Å²) in [5.74, 6) is 2.99. The predicted molar refractivity (Wildman–Crippen MR) is 240 cm³/mol. The van der Waals surface area contributed by atoms with Crippen LogP contribution < -0.4 is 47.3 Å². The second kappa shape index (κ2) is 13.4. The maximum Gasteiger partial charge on any atom is 0.256 e. The second-order valence-electron chi connectivity index (χ2n) is 16.6. The van der Waals surface area contributed by atoms with Gasteiger partial charge in [-0.3, -0.25) is 0 Å². The van der Waals surface area contributed by atoms with Crippen LogP contribution in [0.25, 0.3) is 0 Å². The lowest BCUT2D eigenvalue weighted by Gasteiger charge is -2.42. The summed E-state index contributed by atoms with van der Waals surface area (Å²) in [6.07, 6.45) is 0. The number of hydrogen-bond donors (Lipinski definition) is 0. The summed E-state index contributed by atoms with van der Waals surface area (Å²) >= 11 is 0. The molecule has 0 fully saturated rings. The van der Waals surface area contributed by atoms with Gasteiger partial charge in [-0.25, -0.2) is 0 Å². The van der Waals surface area contributed by atoms with E-state index >= 15 is 0 Å². The van der Waals surface area contributed by atoms with E-state index < -0.39 is 0 Å². The minimum absolute atomic E-state index is 0.00635. The van der Waals surface area contributed by atoms with Crippen LogP contribution in [0, 0.1) is 0 Å². The Labute approximate surface area is 332 Å². The highest BCUT2D eigenvalue weighted by Gasteiger charge is 2.45. The number of hydrogen-bond acceptors (Lipinski definition) is 3. The van der Waals surface area contributed by atoms with Crippen LogP contribution in [0.4, 0.5) is 34.1 Å². The van der Waals surface area contributed by atoms with Gasteiger partial charge >= 0.3 is 0 Å². The van der Waals surface area contributed by atoms with E-state index in [4.69, 9.17) is 4.74 Å². The normalized spacial score (nSPS) is 13.7. The largest absolute Gasteiger partial charge is 0.458 e. The van der Waals surface area contributed by atoms with Gasteiger partial charge in [-0.1, -0.05) is 144 Å². The summed E-state index contributed by atoms with van der Waals surface area (Å²) < 4.78 is 7.12. The van der Waals surface area contributed by atoms with Crippen molar-refractivity contribution in [1.82, 2.24) is 0 Å². The van der Waals surface area contributed by atoms with E-state index in [1.165, 1.54) is 72.2 Å². The van der Waals surface area contributed by atoms with Crippen molar-refractivity contribution in [2.24, 2.45) is 0 Å². The number of para-hydroxylation sites is 4. The van der Waals surface area contributed by atoms with Crippen LogP contribution in [-0.4, -0.2) is 13.4 Å². The van der Waals surface area contributed by atoms with Crippen LogP contribution in [0.2, 0.25) is 0 Å². The van der Waals surface area contributed by atoms with Crippen LogP contribution in [0.5, 0.6) is 11.5 Å². The van der Waals surface area contributed by atoms with Gasteiger partial charge in [0.1, 0.15) is 11.5 Å². The number of rotatable bonds is 6.